The van der Waals surface area contributed by atoms with Crippen molar-refractivity contribution < 1.29 is 4.39 Å². The Morgan fingerprint density at radius 2 is 2.45 bits per heavy atom. The van der Waals surface area contributed by atoms with Crippen molar-refractivity contribution in [2.24, 2.45) is 0 Å². The number of aromatic amines is 1. The summed E-state index contributed by atoms with van der Waals surface area (Å²) in [5.74, 6) is 0. The molecule has 11 heavy (non-hydrogen) atoms. The Labute approximate surface area is 64.0 Å². The van der Waals surface area contributed by atoms with E-state index in [9.17, 15) is 4.39 Å². The van der Waals surface area contributed by atoms with E-state index in [1.54, 1.807) is 0 Å². The molecule has 0 fully saturated rings. The minimum Gasteiger partial charge on any atom is -0.308 e. The molecule has 3 nitrogen and oxygen atoms in total. The number of nitrogens with one attached hydrogen (secondary N) is 2. The molecule has 60 valence electrons. The first-order valence-electron chi connectivity index (χ1n) is 3.67. The molecule has 0 aliphatic carbocycles. The maximum Gasteiger partial charge on any atom is 0.141 e. The molecule has 0 bridgehead atoms. The van der Waals surface area contributed by atoms with Crippen LogP contribution in [0.15, 0.2) is 0 Å². The first-order chi connectivity index (χ1) is 5.29. The molecule has 0 spiro atoms. The fourth-order valence-corrected chi connectivity index (χ4v) is 1.46. The maximum absolute atomic E-state index is 13.1. The number of hydrogen-bond donors (Lipinski definition) is 2. The van der Waals surface area contributed by atoms with Crippen LogP contribution in [0.2, 0.25) is 0 Å². The average molecular weight is 155 g/mol. The first-order valence-corrected chi connectivity index (χ1v) is 3.67. The Morgan fingerprint density at radius 3 is 3.18 bits per heavy atom. The quantitative estimate of drug-likeness (QED) is 0.582. The number of alkyl halides is 1. The summed E-state index contributed by atoms with van der Waals surface area (Å²) < 4.78 is 13.1. The van der Waals surface area contributed by atoms with Crippen LogP contribution in [0.4, 0.5) is 4.39 Å². The molecule has 4 heteroatoms. The molecule has 0 saturated carbocycles. The highest BCUT2D eigenvalue weighted by Gasteiger charge is 2.23. The van der Waals surface area contributed by atoms with Crippen LogP contribution in [0, 0.1) is 6.92 Å². The van der Waals surface area contributed by atoms with Crippen molar-refractivity contribution in [1.82, 2.24) is 15.5 Å². The number of nitrogens with zero attached hydrogens (tertiary/aromatic N) is 1. The fraction of sp³-hybridized carbons (Fsp3) is 0.571. The standard InChI is InChI=1S/C7H10FN3/c1-4-7-5(8)2-9-3-6(7)11-10-4/h5,9H,2-3H2,1H3,(H,10,11). The second kappa shape index (κ2) is 2.30. The summed E-state index contributed by atoms with van der Waals surface area (Å²) in [4.78, 5) is 0. The van der Waals surface area contributed by atoms with Crippen LogP contribution in [-0.2, 0) is 6.54 Å². The van der Waals surface area contributed by atoms with Crippen molar-refractivity contribution in [2.75, 3.05) is 6.54 Å². The molecule has 1 aliphatic rings. The first kappa shape index (κ1) is 6.79. The lowest BCUT2D eigenvalue weighted by Crippen LogP contribution is -2.25. The highest BCUT2D eigenvalue weighted by atomic mass is 19.1. The molecule has 1 atom stereocenters. The van der Waals surface area contributed by atoms with Crippen LogP contribution in [0.3, 0.4) is 0 Å². The van der Waals surface area contributed by atoms with E-state index in [4.69, 9.17) is 0 Å². The number of aryl methyl sites for hydroxylation is 1. The molecule has 1 aliphatic heterocycles. The van der Waals surface area contributed by atoms with Gasteiger partial charge in [0.15, 0.2) is 0 Å². The summed E-state index contributed by atoms with van der Waals surface area (Å²) in [6.45, 7) is 2.94. The number of halogens is 1. The predicted molar refractivity (Wildman–Crippen MR) is 38.9 cm³/mol. The molecule has 2 N–H and O–H groups in total. The topological polar surface area (TPSA) is 40.7 Å². The second-order valence-electron chi connectivity index (χ2n) is 2.81. The van der Waals surface area contributed by atoms with E-state index in [-0.39, 0.29) is 0 Å². The Balaban J connectivity index is 2.48. The molecule has 0 aromatic carbocycles. The van der Waals surface area contributed by atoms with Gasteiger partial charge < -0.3 is 5.32 Å². The molecule has 0 saturated heterocycles. The third-order valence-corrected chi connectivity index (χ3v) is 2.00. The molecule has 1 unspecified atom stereocenters. The van der Waals surface area contributed by atoms with Gasteiger partial charge in [-0.2, -0.15) is 5.10 Å². The van der Waals surface area contributed by atoms with Gasteiger partial charge in [-0.15, -0.1) is 0 Å². The van der Waals surface area contributed by atoms with Crippen molar-refractivity contribution in [3.05, 3.63) is 17.0 Å². The lowest BCUT2D eigenvalue weighted by atomic mass is 10.1. The molecule has 0 radical (unpaired) electrons. The summed E-state index contributed by atoms with van der Waals surface area (Å²) in [6.07, 6.45) is -0.891. The molecule has 1 aromatic heterocycles. The third-order valence-electron chi connectivity index (χ3n) is 2.00. The normalized spacial score (nSPS) is 23.3. The van der Waals surface area contributed by atoms with Crippen LogP contribution in [-0.4, -0.2) is 16.7 Å². The monoisotopic (exact) mass is 155 g/mol. The zero-order valence-electron chi connectivity index (χ0n) is 6.32. The average Bonchev–Trinajstić information content (AvgIpc) is 2.34. The zero-order valence-corrected chi connectivity index (χ0v) is 6.32. The number of H-pyrrole nitrogens is 1. The van der Waals surface area contributed by atoms with Gasteiger partial charge in [-0.25, -0.2) is 4.39 Å². The van der Waals surface area contributed by atoms with Crippen LogP contribution in [0.5, 0.6) is 0 Å². The Hall–Kier alpha value is -0.900. The molecular weight excluding hydrogens is 145 g/mol. The van der Waals surface area contributed by atoms with E-state index in [1.165, 1.54) is 0 Å². The lowest BCUT2D eigenvalue weighted by Gasteiger charge is -2.16. The number of rotatable bonds is 0. The molecule has 2 heterocycles. The Kier molecular flexibility index (Phi) is 1.42. The maximum atomic E-state index is 13.1. The Bertz CT molecular complexity index is 269. The van der Waals surface area contributed by atoms with Gasteiger partial charge in [0, 0.05) is 24.3 Å². The van der Waals surface area contributed by atoms with E-state index >= 15 is 0 Å². The molecule has 0 amide bonds. The van der Waals surface area contributed by atoms with Gasteiger partial charge in [0.25, 0.3) is 0 Å². The van der Waals surface area contributed by atoms with Gasteiger partial charge in [-0.05, 0) is 6.92 Å². The zero-order chi connectivity index (χ0) is 7.84. The third kappa shape index (κ3) is 0.939. The smallest absolute Gasteiger partial charge is 0.141 e. The van der Waals surface area contributed by atoms with E-state index in [1.807, 2.05) is 6.92 Å². The predicted octanol–water partition coefficient (Wildman–Crippen LogP) is 0.832. The fourth-order valence-electron chi connectivity index (χ4n) is 1.46. The van der Waals surface area contributed by atoms with E-state index in [0.717, 1.165) is 17.0 Å². The van der Waals surface area contributed by atoms with Crippen molar-refractivity contribution in [3.63, 3.8) is 0 Å². The van der Waals surface area contributed by atoms with Crippen molar-refractivity contribution >= 4 is 0 Å². The number of fused-ring (bicyclic) bond motifs is 1. The summed E-state index contributed by atoms with van der Waals surface area (Å²) in [6, 6.07) is 0. The van der Waals surface area contributed by atoms with Crippen LogP contribution in [0.25, 0.3) is 0 Å². The lowest BCUT2D eigenvalue weighted by molar-refractivity contribution is 0.309. The summed E-state index contributed by atoms with van der Waals surface area (Å²) >= 11 is 0. The Morgan fingerprint density at radius 1 is 1.64 bits per heavy atom. The molecular formula is C7H10FN3. The van der Waals surface area contributed by atoms with Gasteiger partial charge in [0.05, 0.1) is 5.69 Å². The number of hydrogen-bond acceptors (Lipinski definition) is 2. The van der Waals surface area contributed by atoms with Gasteiger partial charge in [-0.1, -0.05) is 0 Å². The highest BCUT2D eigenvalue weighted by molar-refractivity contribution is 5.28. The van der Waals surface area contributed by atoms with Gasteiger partial charge in [0.2, 0.25) is 0 Å². The largest absolute Gasteiger partial charge is 0.308 e. The summed E-state index contributed by atoms with van der Waals surface area (Å²) in [5.41, 5.74) is 2.43. The van der Waals surface area contributed by atoms with Gasteiger partial charge in [0.1, 0.15) is 6.17 Å². The van der Waals surface area contributed by atoms with E-state index in [2.05, 4.69) is 15.5 Å². The summed E-state index contributed by atoms with van der Waals surface area (Å²) in [5, 5.41) is 9.71. The second-order valence-corrected chi connectivity index (χ2v) is 2.81. The molecule has 2 rings (SSSR count). The summed E-state index contributed by atoms with van der Waals surface area (Å²) in [7, 11) is 0. The van der Waals surface area contributed by atoms with Crippen LogP contribution < -0.4 is 5.32 Å². The van der Waals surface area contributed by atoms with Gasteiger partial charge in [-0.3, -0.25) is 5.10 Å². The van der Waals surface area contributed by atoms with Crippen molar-refractivity contribution in [1.29, 1.82) is 0 Å². The SMILES string of the molecule is Cc1[nH]nc2c1C(F)CNC2. The minimum atomic E-state index is -0.891. The van der Waals surface area contributed by atoms with E-state index in [0.29, 0.717) is 13.1 Å². The molecule has 1 aromatic rings. The van der Waals surface area contributed by atoms with Crippen molar-refractivity contribution in [3.8, 4) is 0 Å². The minimum absolute atomic E-state index is 0.410. The van der Waals surface area contributed by atoms with Crippen LogP contribution in [0.1, 0.15) is 23.1 Å². The van der Waals surface area contributed by atoms with Gasteiger partial charge >= 0.3 is 0 Å². The highest BCUT2D eigenvalue weighted by Crippen LogP contribution is 2.25. The van der Waals surface area contributed by atoms with Crippen LogP contribution >= 0.6 is 0 Å². The van der Waals surface area contributed by atoms with Crippen molar-refractivity contribution in [2.45, 2.75) is 19.6 Å². The van der Waals surface area contributed by atoms with E-state index < -0.39 is 6.17 Å². The number of aromatic nitrogens is 2.